The zero-order chi connectivity index (χ0) is 24.2. The van der Waals surface area contributed by atoms with Gasteiger partial charge in [0.15, 0.2) is 5.78 Å². The Bertz CT molecular complexity index is 1300. The van der Waals surface area contributed by atoms with Gasteiger partial charge in [0.1, 0.15) is 5.75 Å². The first-order chi connectivity index (χ1) is 15.6. The lowest BCUT2D eigenvalue weighted by molar-refractivity contribution is 0.0734. The molecule has 6 nitrogen and oxygen atoms in total. The predicted molar refractivity (Wildman–Crippen MR) is 129 cm³/mol. The molecule has 0 amide bonds. The third kappa shape index (κ3) is 5.63. The summed E-state index contributed by atoms with van der Waals surface area (Å²) < 4.78 is 33.2. The van der Waals surface area contributed by atoms with Crippen LogP contribution in [0, 0.1) is 0 Å². The molecule has 0 aromatic heterocycles. The summed E-state index contributed by atoms with van der Waals surface area (Å²) >= 11 is 12.1. The Morgan fingerprint density at radius 1 is 1.00 bits per heavy atom. The number of anilines is 1. The maximum absolute atomic E-state index is 13.4. The molecule has 0 atom stereocenters. The molecule has 3 aromatic rings. The van der Waals surface area contributed by atoms with Gasteiger partial charge in [-0.15, -0.1) is 6.58 Å². The summed E-state index contributed by atoms with van der Waals surface area (Å²) in [4.78, 5) is 24.0. The molecule has 0 aliphatic carbocycles. The molecule has 170 valence electrons. The lowest BCUT2D eigenvalue weighted by Gasteiger charge is -2.23. The minimum Gasteiger partial charge on any atom is -0.423 e. The molecular weight excluding hydrogens is 485 g/mol. The fourth-order valence-corrected chi connectivity index (χ4v) is 4.72. The first-order valence-electron chi connectivity index (χ1n) is 9.65. The van der Waals surface area contributed by atoms with Crippen LogP contribution in [0.15, 0.2) is 84.3 Å². The van der Waals surface area contributed by atoms with Gasteiger partial charge in [0.05, 0.1) is 27.7 Å². The summed E-state index contributed by atoms with van der Waals surface area (Å²) in [5.41, 5.74) is 0.720. The molecule has 0 heterocycles. The van der Waals surface area contributed by atoms with Crippen molar-refractivity contribution in [3.8, 4) is 5.75 Å². The van der Waals surface area contributed by atoms with Crippen LogP contribution in [0.2, 0.25) is 10.0 Å². The van der Waals surface area contributed by atoms with Gasteiger partial charge in [0.2, 0.25) is 0 Å². The maximum atomic E-state index is 13.4. The third-order valence-corrected chi connectivity index (χ3v) is 7.00. The minimum absolute atomic E-state index is 0.00509. The highest BCUT2D eigenvalue weighted by Crippen LogP contribution is 2.28. The minimum atomic E-state index is -4.07. The number of esters is 1. The molecule has 0 aliphatic rings. The van der Waals surface area contributed by atoms with E-state index in [0.717, 1.165) is 10.4 Å². The van der Waals surface area contributed by atoms with Crippen LogP contribution in [0.1, 0.15) is 27.6 Å². The van der Waals surface area contributed by atoms with Crippen molar-refractivity contribution in [3.63, 3.8) is 0 Å². The smallest absolute Gasteiger partial charge is 0.345 e. The SMILES string of the molecule is C=CCN(c1ccc(Cl)cc1)S(=O)(=O)c1ccc(Cl)c(C(=O)Oc2ccc(C(C)=O)cc2)c1. The number of ether oxygens (including phenoxy) is 1. The van der Waals surface area contributed by atoms with Gasteiger partial charge in [-0.25, -0.2) is 13.2 Å². The van der Waals surface area contributed by atoms with E-state index in [4.69, 9.17) is 27.9 Å². The van der Waals surface area contributed by atoms with E-state index in [1.807, 2.05) is 0 Å². The summed E-state index contributed by atoms with van der Waals surface area (Å²) in [6, 6.07) is 16.0. The van der Waals surface area contributed by atoms with Gasteiger partial charge in [0, 0.05) is 10.6 Å². The van der Waals surface area contributed by atoms with Crippen molar-refractivity contribution in [2.45, 2.75) is 11.8 Å². The van der Waals surface area contributed by atoms with Gasteiger partial charge in [-0.2, -0.15) is 0 Å². The van der Waals surface area contributed by atoms with E-state index in [1.54, 1.807) is 24.3 Å². The van der Waals surface area contributed by atoms with Gasteiger partial charge in [-0.3, -0.25) is 9.10 Å². The van der Waals surface area contributed by atoms with E-state index in [0.29, 0.717) is 16.3 Å². The highest BCUT2D eigenvalue weighted by atomic mass is 35.5. The number of benzene rings is 3. The van der Waals surface area contributed by atoms with Crippen molar-refractivity contribution in [2.24, 2.45) is 0 Å². The number of halogens is 2. The lowest BCUT2D eigenvalue weighted by Crippen LogP contribution is -2.31. The number of carbonyl (C=O) groups excluding carboxylic acids is 2. The molecule has 0 spiro atoms. The lowest BCUT2D eigenvalue weighted by atomic mass is 10.1. The molecule has 3 aromatic carbocycles. The molecule has 0 bridgehead atoms. The molecule has 0 saturated carbocycles. The highest BCUT2D eigenvalue weighted by molar-refractivity contribution is 7.92. The van der Waals surface area contributed by atoms with Crippen LogP contribution in [-0.4, -0.2) is 26.7 Å². The molecule has 0 aliphatic heterocycles. The monoisotopic (exact) mass is 503 g/mol. The Hall–Kier alpha value is -3.13. The van der Waals surface area contributed by atoms with Crippen molar-refractivity contribution in [3.05, 3.63) is 101 Å². The van der Waals surface area contributed by atoms with E-state index in [1.165, 1.54) is 49.4 Å². The summed E-state index contributed by atoms with van der Waals surface area (Å²) in [6.07, 6.45) is 1.45. The third-order valence-electron chi connectivity index (χ3n) is 4.63. The van der Waals surface area contributed by atoms with Crippen LogP contribution in [0.3, 0.4) is 0 Å². The average molecular weight is 504 g/mol. The number of Topliss-reactive ketones (excluding diaryl/α,β-unsaturated/α-hetero) is 1. The van der Waals surface area contributed by atoms with E-state index >= 15 is 0 Å². The zero-order valence-electron chi connectivity index (χ0n) is 17.5. The second-order valence-corrected chi connectivity index (χ2v) is 9.62. The number of hydrogen-bond acceptors (Lipinski definition) is 5. The van der Waals surface area contributed by atoms with E-state index < -0.39 is 16.0 Å². The molecule has 0 N–H and O–H groups in total. The normalized spacial score (nSPS) is 11.0. The predicted octanol–water partition coefficient (Wildman–Crippen LogP) is 5.80. The first-order valence-corrected chi connectivity index (χ1v) is 11.8. The number of hydrogen-bond donors (Lipinski definition) is 0. The molecule has 3 rings (SSSR count). The van der Waals surface area contributed by atoms with Gasteiger partial charge in [0.25, 0.3) is 10.0 Å². The zero-order valence-corrected chi connectivity index (χ0v) is 19.8. The standard InChI is InChI=1S/C24H19Cl2NO5S/c1-3-14-27(19-8-6-18(25)7-9-19)33(30,31)21-12-13-23(26)22(15-21)24(29)32-20-10-4-17(5-11-20)16(2)28/h3-13,15H,1,14H2,2H3. The van der Waals surface area contributed by atoms with Crippen LogP contribution in [0.25, 0.3) is 0 Å². The van der Waals surface area contributed by atoms with Gasteiger partial charge >= 0.3 is 5.97 Å². The largest absolute Gasteiger partial charge is 0.423 e. The number of carbonyl (C=O) groups is 2. The average Bonchev–Trinajstić information content (AvgIpc) is 2.78. The summed E-state index contributed by atoms with van der Waals surface area (Å²) in [6.45, 7) is 5.04. The Kier molecular flexibility index (Phi) is 7.58. The van der Waals surface area contributed by atoms with E-state index in [-0.39, 0.29) is 33.6 Å². The van der Waals surface area contributed by atoms with Crippen molar-refractivity contribution in [2.75, 3.05) is 10.8 Å². The van der Waals surface area contributed by atoms with Gasteiger partial charge in [-0.1, -0.05) is 29.3 Å². The first kappa shape index (κ1) is 24.5. The van der Waals surface area contributed by atoms with Crippen LogP contribution in [-0.2, 0) is 10.0 Å². The van der Waals surface area contributed by atoms with Crippen molar-refractivity contribution in [1.29, 1.82) is 0 Å². The van der Waals surface area contributed by atoms with Crippen LogP contribution in [0.5, 0.6) is 5.75 Å². The Labute approximate surface area is 202 Å². The quantitative estimate of drug-likeness (QED) is 0.168. The molecular formula is C24H19Cl2NO5S. The summed E-state index contributed by atoms with van der Waals surface area (Å²) in [5, 5.41) is 0.489. The number of nitrogens with zero attached hydrogens (tertiary/aromatic N) is 1. The molecule has 0 fully saturated rings. The van der Waals surface area contributed by atoms with E-state index in [2.05, 4.69) is 6.58 Å². The maximum Gasteiger partial charge on any atom is 0.345 e. The van der Waals surface area contributed by atoms with Gasteiger partial charge in [-0.05, 0) is 73.7 Å². The number of sulfonamides is 1. The molecule has 0 unspecified atom stereocenters. The molecule has 33 heavy (non-hydrogen) atoms. The van der Waals surface area contributed by atoms with E-state index in [9.17, 15) is 18.0 Å². The van der Waals surface area contributed by atoms with Crippen molar-refractivity contribution >= 4 is 50.7 Å². The fourth-order valence-electron chi connectivity index (χ4n) is 2.94. The van der Waals surface area contributed by atoms with Crippen LogP contribution < -0.4 is 9.04 Å². The molecule has 0 radical (unpaired) electrons. The molecule has 9 heteroatoms. The summed E-state index contributed by atoms with van der Waals surface area (Å²) in [7, 11) is -4.07. The van der Waals surface area contributed by atoms with Crippen LogP contribution >= 0.6 is 23.2 Å². The van der Waals surface area contributed by atoms with Crippen LogP contribution in [0.4, 0.5) is 5.69 Å². The Morgan fingerprint density at radius 3 is 2.21 bits per heavy atom. The van der Waals surface area contributed by atoms with Crippen molar-refractivity contribution in [1.82, 2.24) is 0 Å². The Morgan fingerprint density at radius 2 is 1.64 bits per heavy atom. The fraction of sp³-hybridized carbons (Fsp3) is 0.0833. The number of ketones is 1. The summed E-state index contributed by atoms with van der Waals surface area (Å²) in [5.74, 6) is -0.781. The second kappa shape index (κ2) is 10.2. The number of rotatable bonds is 8. The van der Waals surface area contributed by atoms with Crippen molar-refractivity contribution < 1.29 is 22.7 Å². The Balaban J connectivity index is 1.94. The topological polar surface area (TPSA) is 80.8 Å². The molecule has 0 saturated heterocycles. The highest BCUT2D eigenvalue weighted by Gasteiger charge is 2.26. The second-order valence-electron chi connectivity index (χ2n) is 6.91. The van der Waals surface area contributed by atoms with Gasteiger partial charge < -0.3 is 4.74 Å².